The van der Waals surface area contributed by atoms with Gasteiger partial charge >= 0.3 is 12.0 Å². The van der Waals surface area contributed by atoms with Gasteiger partial charge in [0, 0.05) is 18.8 Å². The molecule has 0 atom stereocenters. The van der Waals surface area contributed by atoms with E-state index in [0.717, 1.165) is 18.4 Å². The average Bonchev–Trinajstić information content (AvgIpc) is 2.89. The fraction of sp³-hybridized carbons (Fsp3) is 0.308. The third-order valence-electron chi connectivity index (χ3n) is 2.84. The number of carboxylic acids is 1. The quantitative estimate of drug-likeness (QED) is 0.712. The maximum Gasteiger partial charge on any atom is 0.354 e. The van der Waals surface area contributed by atoms with Gasteiger partial charge in [0.05, 0.1) is 0 Å². The van der Waals surface area contributed by atoms with Crippen molar-refractivity contribution in [1.29, 1.82) is 0 Å². The molecule has 6 nitrogen and oxygen atoms in total. The van der Waals surface area contributed by atoms with Gasteiger partial charge in [0.1, 0.15) is 5.69 Å². The molecule has 0 radical (unpaired) electrons. The van der Waals surface area contributed by atoms with E-state index in [1.54, 1.807) is 6.07 Å². The van der Waals surface area contributed by atoms with Gasteiger partial charge in [-0.25, -0.2) is 14.6 Å². The number of carbonyl (C=O) groups excluding carboxylic acids is 1. The summed E-state index contributed by atoms with van der Waals surface area (Å²) >= 11 is 0. The highest BCUT2D eigenvalue weighted by Gasteiger charge is 2.12. The maximum atomic E-state index is 11.6. The third-order valence-corrected chi connectivity index (χ3v) is 2.84. The van der Waals surface area contributed by atoms with E-state index in [9.17, 15) is 9.59 Å². The standard InChI is InChI=1S/C13H15N3O3/c17-12(18)11-6-5-9(7-14-11)8-15-13(19)16-10-3-1-2-4-10/h1-2,5-7,10H,3-4,8H2,(H,17,18)(H2,15,16,19). The number of nitrogens with one attached hydrogen (secondary N) is 2. The molecule has 6 heteroatoms. The van der Waals surface area contributed by atoms with Crippen molar-refractivity contribution in [2.45, 2.75) is 25.4 Å². The average molecular weight is 261 g/mol. The first-order chi connectivity index (χ1) is 9.15. The van der Waals surface area contributed by atoms with Crippen molar-refractivity contribution in [1.82, 2.24) is 15.6 Å². The van der Waals surface area contributed by atoms with Crippen LogP contribution in [0.1, 0.15) is 28.9 Å². The Morgan fingerprint density at radius 1 is 1.32 bits per heavy atom. The van der Waals surface area contributed by atoms with Crippen molar-refractivity contribution in [3.63, 3.8) is 0 Å². The number of urea groups is 1. The fourth-order valence-electron chi connectivity index (χ4n) is 1.81. The summed E-state index contributed by atoms with van der Waals surface area (Å²) in [6.45, 7) is 0.318. The minimum absolute atomic E-state index is 0.00904. The van der Waals surface area contributed by atoms with Crippen LogP contribution in [0.2, 0.25) is 0 Å². The highest BCUT2D eigenvalue weighted by molar-refractivity contribution is 5.85. The lowest BCUT2D eigenvalue weighted by Gasteiger charge is -2.12. The predicted molar refractivity (Wildman–Crippen MR) is 68.7 cm³/mol. The molecule has 1 aliphatic carbocycles. The molecular formula is C13H15N3O3. The minimum Gasteiger partial charge on any atom is -0.477 e. The number of aromatic carboxylic acids is 1. The van der Waals surface area contributed by atoms with E-state index in [1.165, 1.54) is 12.3 Å². The van der Waals surface area contributed by atoms with Gasteiger partial charge in [-0.05, 0) is 24.5 Å². The molecule has 0 bridgehead atoms. The number of pyridine rings is 1. The van der Waals surface area contributed by atoms with E-state index in [0.29, 0.717) is 6.54 Å². The van der Waals surface area contributed by atoms with Gasteiger partial charge in [-0.15, -0.1) is 0 Å². The Balaban J connectivity index is 1.78. The molecule has 1 aromatic rings. The molecule has 1 aliphatic rings. The van der Waals surface area contributed by atoms with Gasteiger partial charge in [-0.2, -0.15) is 0 Å². The minimum atomic E-state index is -1.06. The Hall–Kier alpha value is -2.37. The van der Waals surface area contributed by atoms with Gasteiger partial charge in [-0.3, -0.25) is 0 Å². The summed E-state index contributed by atoms with van der Waals surface area (Å²) in [5.74, 6) is -1.06. The van der Waals surface area contributed by atoms with Crippen molar-refractivity contribution in [3.05, 3.63) is 41.7 Å². The van der Waals surface area contributed by atoms with Gasteiger partial charge in [0.2, 0.25) is 0 Å². The van der Waals surface area contributed by atoms with Gasteiger partial charge in [0.15, 0.2) is 0 Å². The normalized spacial score (nSPS) is 14.3. The summed E-state index contributed by atoms with van der Waals surface area (Å²) in [5, 5.41) is 14.3. The van der Waals surface area contributed by atoms with Crippen LogP contribution in [0, 0.1) is 0 Å². The fourth-order valence-corrected chi connectivity index (χ4v) is 1.81. The van der Waals surface area contributed by atoms with Crippen molar-refractivity contribution in [2.75, 3.05) is 0 Å². The molecule has 0 unspecified atom stereocenters. The first-order valence-electron chi connectivity index (χ1n) is 6.03. The molecule has 100 valence electrons. The van der Waals surface area contributed by atoms with Crippen LogP contribution in [0.4, 0.5) is 4.79 Å². The molecule has 0 aromatic carbocycles. The Morgan fingerprint density at radius 2 is 2.05 bits per heavy atom. The first-order valence-corrected chi connectivity index (χ1v) is 6.03. The van der Waals surface area contributed by atoms with Crippen LogP contribution in [0.25, 0.3) is 0 Å². The summed E-state index contributed by atoms with van der Waals surface area (Å²) in [7, 11) is 0. The van der Waals surface area contributed by atoms with Crippen LogP contribution in [0.15, 0.2) is 30.5 Å². The lowest BCUT2D eigenvalue weighted by molar-refractivity contribution is 0.0690. The number of aromatic nitrogens is 1. The van der Waals surface area contributed by atoms with Gasteiger partial charge in [-0.1, -0.05) is 18.2 Å². The molecule has 2 rings (SSSR count). The second-order valence-corrected chi connectivity index (χ2v) is 4.32. The molecule has 2 amide bonds. The van der Waals surface area contributed by atoms with Crippen molar-refractivity contribution < 1.29 is 14.7 Å². The van der Waals surface area contributed by atoms with E-state index in [2.05, 4.69) is 15.6 Å². The van der Waals surface area contributed by atoms with E-state index in [-0.39, 0.29) is 17.8 Å². The molecule has 0 saturated carbocycles. The Bertz CT molecular complexity index is 488. The van der Waals surface area contributed by atoms with Crippen LogP contribution < -0.4 is 10.6 Å². The molecular weight excluding hydrogens is 246 g/mol. The lowest BCUT2D eigenvalue weighted by atomic mass is 10.2. The molecule has 1 heterocycles. The van der Waals surface area contributed by atoms with Crippen LogP contribution >= 0.6 is 0 Å². The number of carboxylic acid groups (broad SMARTS) is 1. The predicted octanol–water partition coefficient (Wildman–Crippen LogP) is 1.30. The third kappa shape index (κ3) is 3.80. The maximum absolute atomic E-state index is 11.6. The van der Waals surface area contributed by atoms with E-state index >= 15 is 0 Å². The van der Waals surface area contributed by atoms with Crippen molar-refractivity contribution in [3.8, 4) is 0 Å². The summed E-state index contributed by atoms with van der Waals surface area (Å²) in [6, 6.07) is 3.00. The summed E-state index contributed by atoms with van der Waals surface area (Å²) in [4.78, 5) is 26.0. The van der Waals surface area contributed by atoms with Crippen molar-refractivity contribution >= 4 is 12.0 Å². The van der Waals surface area contributed by atoms with E-state index in [1.807, 2.05) is 12.2 Å². The summed E-state index contributed by atoms with van der Waals surface area (Å²) in [5.41, 5.74) is 0.745. The van der Waals surface area contributed by atoms with Gasteiger partial charge in [0.25, 0.3) is 0 Å². The molecule has 0 fully saturated rings. The first kappa shape index (κ1) is 13.1. The largest absolute Gasteiger partial charge is 0.477 e. The van der Waals surface area contributed by atoms with Crippen LogP contribution in [-0.4, -0.2) is 28.1 Å². The zero-order valence-corrected chi connectivity index (χ0v) is 10.3. The second kappa shape index (κ2) is 5.99. The van der Waals surface area contributed by atoms with Crippen LogP contribution in [-0.2, 0) is 6.54 Å². The van der Waals surface area contributed by atoms with Crippen LogP contribution in [0.5, 0.6) is 0 Å². The second-order valence-electron chi connectivity index (χ2n) is 4.32. The highest BCUT2D eigenvalue weighted by Crippen LogP contribution is 2.08. The number of hydrogen-bond donors (Lipinski definition) is 3. The number of rotatable bonds is 4. The smallest absolute Gasteiger partial charge is 0.354 e. The molecule has 19 heavy (non-hydrogen) atoms. The highest BCUT2D eigenvalue weighted by atomic mass is 16.4. The number of carbonyl (C=O) groups is 2. The number of hydrogen-bond acceptors (Lipinski definition) is 3. The Labute approximate surface area is 110 Å². The summed E-state index contributed by atoms with van der Waals surface area (Å²) in [6.07, 6.45) is 7.25. The summed E-state index contributed by atoms with van der Waals surface area (Å²) < 4.78 is 0. The zero-order valence-electron chi connectivity index (χ0n) is 10.3. The molecule has 0 aliphatic heterocycles. The van der Waals surface area contributed by atoms with Crippen molar-refractivity contribution in [2.24, 2.45) is 0 Å². The molecule has 0 saturated heterocycles. The Morgan fingerprint density at radius 3 is 2.63 bits per heavy atom. The van der Waals surface area contributed by atoms with Gasteiger partial charge < -0.3 is 15.7 Å². The van der Waals surface area contributed by atoms with E-state index < -0.39 is 5.97 Å². The molecule has 3 N–H and O–H groups in total. The topological polar surface area (TPSA) is 91.3 Å². The lowest BCUT2D eigenvalue weighted by Crippen LogP contribution is -2.40. The zero-order chi connectivity index (χ0) is 13.7. The molecule has 0 spiro atoms. The number of nitrogens with zero attached hydrogens (tertiary/aromatic N) is 1. The van der Waals surface area contributed by atoms with E-state index in [4.69, 9.17) is 5.11 Å². The SMILES string of the molecule is O=C(NCc1ccc(C(=O)O)nc1)NC1CC=CC1. The van der Waals surface area contributed by atoms with Crippen LogP contribution in [0.3, 0.4) is 0 Å². The molecule has 1 aromatic heterocycles. The Kier molecular flexibility index (Phi) is 4.12. The monoisotopic (exact) mass is 261 g/mol. The number of amides is 2.